The Labute approximate surface area is 106 Å². The molecule has 3 heterocycles. The highest BCUT2D eigenvalue weighted by atomic mass is 15.1. The summed E-state index contributed by atoms with van der Waals surface area (Å²) in [4.78, 5) is 4.09. The monoisotopic (exact) mass is 243 g/mol. The molecular formula is C13H17N5. The van der Waals surface area contributed by atoms with E-state index in [1.807, 2.05) is 6.07 Å². The van der Waals surface area contributed by atoms with Crippen molar-refractivity contribution in [3.8, 4) is 11.3 Å². The van der Waals surface area contributed by atoms with Gasteiger partial charge in [-0.2, -0.15) is 5.10 Å². The average molecular weight is 243 g/mol. The fourth-order valence-corrected chi connectivity index (χ4v) is 2.38. The zero-order valence-electron chi connectivity index (χ0n) is 10.2. The Morgan fingerprint density at radius 3 is 2.78 bits per heavy atom. The van der Waals surface area contributed by atoms with Gasteiger partial charge in [0.25, 0.3) is 0 Å². The molecule has 0 radical (unpaired) electrons. The quantitative estimate of drug-likeness (QED) is 0.747. The molecule has 0 atom stereocenters. The number of piperidine rings is 1. The van der Waals surface area contributed by atoms with Crippen molar-refractivity contribution in [2.45, 2.75) is 18.8 Å². The van der Waals surface area contributed by atoms with Crippen LogP contribution in [-0.4, -0.2) is 28.3 Å². The standard InChI is InChI=1S/C13H17N5/c14-13-2-1-10(8-16-13)12-7-11(17-18-12)9-3-5-15-6-4-9/h1-2,7-9,15H,3-6H2,(H2,14,16)(H,17,18). The number of hydrogen-bond donors (Lipinski definition) is 3. The molecular weight excluding hydrogens is 226 g/mol. The van der Waals surface area contributed by atoms with E-state index in [2.05, 4.69) is 26.6 Å². The van der Waals surface area contributed by atoms with Crippen molar-refractivity contribution in [2.75, 3.05) is 18.8 Å². The molecule has 1 fully saturated rings. The summed E-state index contributed by atoms with van der Waals surface area (Å²) < 4.78 is 0. The van der Waals surface area contributed by atoms with Crippen LogP contribution >= 0.6 is 0 Å². The maximum atomic E-state index is 5.58. The second-order valence-electron chi connectivity index (χ2n) is 4.70. The summed E-state index contributed by atoms with van der Waals surface area (Å²) >= 11 is 0. The summed E-state index contributed by atoms with van der Waals surface area (Å²) in [7, 11) is 0. The van der Waals surface area contributed by atoms with Crippen molar-refractivity contribution in [3.63, 3.8) is 0 Å². The predicted molar refractivity (Wildman–Crippen MR) is 71.1 cm³/mol. The Hall–Kier alpha value is -1.88. The van der Waals surface area contributed by atoms with E-state index in [1.54, 1.807) is 12.3 Å². The van der Waals surface area contributed by atoms with Gasteiger partial charge in [-0.1, -0.05) is 0 Å². The highest BCUT2D eigenvalue weighted by Gasteiger charge is 2.17. The molecule has 0 unspecified atom stereocenters. The lowest BCUT2D eigenvalue weighted by molar-refractivity contribution is 0.453. The normalized spacial score (nSPS) is 16.9. The number of nitrogen functional groups attached to an aromatic ring is 1. The van der Waals surface area contributed by atoms with Crippen LogP contribution in [0.4, 0.5) is 5.82 Å². The molecule has 0 aromatic carbocycles. The van der Waals surface area contributed by atoms with Crippen molar-refractivity contribution in [1.82, 2.24) is 20.5 Å². The lowest BCUT2D eigenvalue weighted by Gasteiger charge is -2.20. The van der Waals surface area contributed by atoms with Gasteiger partial charge in [0.15, 0.2) is 0 Å². The first kappa shape index (κ1) is 11.2. The van der Waals surface area contributed by atoms with Gasteiger partial charge in [-0.15, -0.1) is 0 Å². The third-order valence-corrected chi connectivity index (χ3v) is 3.46. The molecule has 1 aliphatic heterocycles. The first-order valence-corrected chi connectivity index (χ1v) is 6.31. The van der Waals surface area contributed by atoms with E-state index in [0.29, 0.717) is 11.7 Å². The number of nitrogens with two attached hydrogens (primary N) is 1. The Kier molecular flexibility index (Phi) is 2.98. The van der Waals surface area contributed by atoms with E-state index in [4.69, 9.17) is 5.73 Å². The summed E-state index contributed by atoms with van der Waals surface area (Å²) in [5.41, 5.74) is 8.75. The number of nitrogens with zero attached hydrogens (tertiary/aromatic N) is 2. The molecule has 0 spiro atoms. The van der Waals surface area contributed by atoms with Crippen molar-refractivity contribution < 1.29 is 0 Å². The average Bonchev–Trinajstić information content (AvgIpc) is 2.90. The third kappa shape index (κ3) is 2.22. The van der Waals surface area contributed by atoms with Crippen LogP contribution in [0, 0.1) is 0 Å². The van der Waals surface area contributed by atoms with E-state index in [9.17, 15) is 0 Å². The number of hydrogen-bond acceptors (Lipinski definition) is 4. The predicted octanol–water partition coefficient (Wildman–Crippen LogP) is 1.52. The molecule has 1 saturated heterocycles. The zero-order chi connectivity index (χ0) is 12.4. The Morgan fingerprint density at radius 1 is 1.22 bits per heavy atom. The summed E-state index contributed by atoms with van der Waals surface area (Å²) in [5, 5.41) is 10.9. The van der Waals surface area contributed by atoms with Crippen LogP contribution in [0.5, 0.6) is 0 Å². The van der Waals surface area contributed by atoms with Gasteiger partial charge in [0, 0.05) is 23.4 Å². The van der Waals surface area contributed by atoms with Gasteiger partial charge in [0.1, 0.15) is 5.82 Å². The van der Waals surface area contributed by atoms with Gasteiger partial charge in [-0.05, 0) is 44.1 Å². The van der Waals surface area contributed by atoms with Gasteiger partial charge in [0.2, 0.25) is 0 Å². The SMILES string of the molecule is Nc1ccc(-c2cc(C3CCNCC3)[nH]n2)cn1. The second kappa shape index (κ2) is 4.78. The minimum Gasteiger partial charge on any atom is -0.384 e. The summed E-state index contributed by atoms with van der Waals surface area (Å²) in [5.74, 6) is 1.13. The van der Waals surface area contributed by atoms with Gasteiger partial charge >= 0.3 is 0 Å². The van der Waals surface area contributed by atoms with Crippen LogP contribution < -0.4 is 11.1 Å². The number of nitrogens with one attached hydrogen (secondary N) is 2. The van der Waals surface area contributed by atoms with Gasteiger partial charge in [0.05, 0.1) is 5.69 Å². The number of aromatic nitrogens is 3. The van der Waals surface area contributed by atoms with Crippen molar-refractivity contribution >= 4 is 5.82 Å². The highest BCUT2D eigenvalue weighted by Crippen LogP contribution is 2.26. The van der Waals surface area contributed by atoms with E-state index >= 15 is 0 Å². The van der Waals surface area contributed by atoms with Gasteiger partial charge in [-0.3, -0.25) is 5.10 Å². The molecule has 1 aliphatic rings. The van der Waals surface area contributed by atoms with Crippen LogP contribution in [0.25, 0.3) is 11.3 Å². The van der Waals surface area contributed by atoms with E-state index in [0.717, 1.165) is 24.3 Å². The summed E-state index contributed by atoms with van der Waals surface area (Å²) in [6.45, 7) is 2.17. The van der Waals surface area contributed by atoms with Crippen LogP contribution in [-0.2, 0) is 0 Å². The van der Waals surface area contributed by atoms with E-state index < -0.39 is 0 Å². The van der Waals surface area contributed by atoms with Gasteiger partial charge in [-0.25, -0.2) is 4.98 Å². The minimum absolute atomic E-state index is 0.535. The van der Waals surface area contributed by atoms with E-state index in [1.165, 1.54) is 18.5 Å². The molecule has 3 rings (SSSR count). The molecule has 2 aromatic rings. The molecule has 5 heteroatoms. The van der Waals surface area contributed by atoms with Gasteiger partial charge < -0.3 is 11.1 Å². The van der Waals surface area contributed by atoms with Crippen molar-refractivity contribution in [3.05, 3.63) is 30.1 Å². The summed E-state index contributed by atoms with van der Waals surface area (Å²) in [6, 6.07) is 5.88. The largest absolute Gasteiger partial charge is 0.384 e. The number of pyridine rings is 1. The molecule has 0 aliphatic carbocycles. The topological polar surface area (TPSA) is 79.6 Å². The third-order valence-electron chi connectivity index (χ3n) is 3.46. The lowest BCUT2D eigenvalue weighted by atomic mass is 9.94. The molecule has 2 aromatic heterocycles. The van der Waals surface area contributed by atoms with Crippen LogP contribution in [0.1, 0.15) is 24.5 Å². The molecule has 0 amide bonds. The second-order valence-corrected chi connectivity index (χ2v) is 4.70. The smallest absolute Gasteiger partial charge is 0.123 e. The fourth-order valence-electron chi connectivity index (χ4n) is 2.38. The number of H-pyrrole nitrogens is 1. The van der Waals surface area contributed by atoms with Crippen LogP contribution in [0.2, 0.25) is 0 Å². The fraction of sp³-hybridized carbons (Fsp3) is 0.385. The molecule has 0 saturated carbocycles. The number of anilines is 1. The number of rotatable bonds is 2. The lowest BCUT2D eigenvalue weighted by Crippen LogP contribution is -2.26. The summed E-state index contributed by atoms with van der Waals surface area (Å²) in [6.07, 6.45) is 4.10. The van der Waals surface area contributed by atoms with Crippen molar-refractivity contribution in [1.29, 1.82) is 0 Å². The molecule has 94 valence electrons. The highest BCUT2D eigenvalue weighted by molar-refractivity contribution is 5.59. The van der Waals surface area contributed by atoms with Crippen LogP contribution in [0.3, 0.4) is 0 Å². The molecule has 0 bridgehead atoms. The molecule has 18 heavy (non-hydrogen) atoms. The number of aromatic amines is 1. The first-order valence-electron chi connectivity index (χ1n) is 6.31. The maximum absolute atomic E-state index is 5.58. The zero-order valence-corrected chi connectivity index (χ0v) is 10.2. The van der Waals surface area contributed by atoms with Crippen LogP contribution in [0.15, 0.2) is 24.4 Å². The Morgan fingerprint density at radius 2 is 2.06 bits per heavy atom. The Bertz CT molecular complexity index is 510. The molecule has 4 N–H and O–H groups in total. The minimum atomic E-state index is 0.535. The maximum Gasteiger partial charge on any atom is 0.123 e. The molecule has 5 nitrogen and oxygen atoms in total. The van der Waals surface area contributed by atoms with Crippen molar-refractivity contribution in [2.24, 2.45) is 0 Å². The van der Waals surface area contributed by atoms with E-state index in [-0.39, 0.29) is 0 Å². The Balaban J connectivity index is 1.82. The first-order chi connectivity index (χ1) is 8.83.